The number of hydrogen-bond acceptors (Lipinski definition) is 3. The van der Waals surface area contributed by atoms with E-state index in [1.54, 1.807) is 12.1 Å². The van der Waals surface area contributed by atoms with Crippen LogP contribution in [0.2, 0.25) is 0 Å². The zero-order valence-electron chi connectivity index (χ0n) is 14.8. The van der Waals surface area contributed by atoms with Gasteiger partial charge in [-0.25, -0.2) is 4.39 Å². The van der Waals surface area contributed by atoms with Crippen molar-refractivity contribution >= 4 is 5.91 Å². The molecule has 136 valence electrons. The van der Waals surface area contributed by atoms with Crippen molar-refractivity contribution in [2.45, 2.75) is 43.6 Å². The van der Waals surface area contributed by atoms with Gasteiger partial charge in [0.25, 0.3) is 0 Å². The van der Waals surface area contributed by atoms with E-state index in [1.165, 1.54) is 37.9 Å². The second-order valence-electron chi connectivity index (χ2n) is 7.64. The minimum absolute atomic E-state index is 0.215. The van der Waals surface area contributed by atoms with Crippen LogP contribution < -0.4 is 0 Å². The van der Waals surface area contributed by atoms with Gasteiger partial charge in [-0.1, -0.05) is 18.6 Å². The summed E-state index contributed by atoms with van der Waals surface area (Å²) in [5.41, 5.74) is 0.385. The summed E-state index contributed by atoms with van der Waals surface area (Å²) in [5, 5.41) is 0. The Balaban J connectivity index is 1.58. The number of hydrogen-bond donors (Lipinski definition) is 0. The molecule has 4 nitrogen and oxygen atoms in total. The summed E-state index contributed by atoms with van der Waals surface area (Å²) in [6.45, 7) is 4.97. The topological polar surface area (TPSA) is 32.8 Å². The number of halogens is 1. The highest BCUT2D eigenvalue weighted by Crippen LogP contribution is 2.38. The number of nitrogens with zero attached hydrogens (tertiary/aromatic N) is 2. The van der Waals surface area contributed by atoms with Crippen LogP contribution in [0.25, 0.3) is 0 Å². The molecule has 0 bridgehead atoms. The highest BCUT2D eigenvalue weighted by molar-refractivity contribution is 5.88. The molecule has 25 heavy (non-hydrogen) atoms. The Labute approximate surface area is 148 Å². The van der Waals surface area contributed by atoms with E-state index in [0.29, 0.717) is 32.1 Å². The Morgan fingerprint density at radius 1 is 1.08 bits per heavy atom. The third-order valence-electron chi connectivity index (χ3n) is 6.28. The van der Waals surface area contributed by atoms with Gasteiger partial charge in [-0.05, 0) is 49.9 Å². The van der Waals surface area contributed by atoms with E-state index in [1.807, 2.05) is 0 Å². The Morgan fingerprint density at radius 3 is 2.60 bits per heavy atom. The predicted octanol–water partition coefficient (Wildman–Crippen LogP) is 2.57. The minimum Gasteiger partial charge on any atom is -0.381 e. The molecule has 1 amide bonds. The lowest BCUT2D eigenvalue weighted by atomic mass is 9.72. The van der Waals surface area contributed by atoms with Crippen LogP contribution in [0, 0.1) is 5.82 Å². The first kappa shape index (κ1) is 17.0. The normalized spacial score (nSPS) is 26.9. The number of amides is 1. The maximum absolute atomic E-state index is 13.6. The van der Waals surface area contributed by atoms with Crippen LogP contribution in [-0.4, -0.2) is 61.1 Å². The van der Waals surface area contributed by atoms with E-state index in [0.717, 1.165) is 25.2 Å². The fourth-order valence-electron chi connectivity index (χ4n) is 4.76. The Morgan fingerprint density at radius 2 is 1.84 bits per heavy atom. The van der Waals surface area contributed by atoms with Gasteiger partial charge >= 0.3 is 0 Å². The fourth-order valence-corrected chi connectivity index (χ4v) is 4.76. The van der Waals surface area contributed by atoms with Crippen molar-refractivity contribution in [3.05, 3.63) is 35.6 Å². The number of ether oxygens (including phenoxy) is 1. The molecule has 0 spiro atoms. The number of carbonyl (C=O) groups is 1. The molecule has 1 aromatic rings. The van der Waals surface area contributed by atoms with E-state index in [4.69, 9.17) is 4.74 Å². The van der Waals surface area contributed by atoms with E-state index in [-0.39, 0.29) is 11.7 Å². The summed E-state index contributed by atoms with van der Waals surface area (Å²) in [7, 11) is 0. The molecule has 5 heteroatoms. The molecular formula is C20H27FN2O2. The lowest BCUT2D eigenvalue weighted by molar-refractivity contribution is -0.145. The molecule has 3 saturated heterocycles. The third kappa shape index (κ3) is 3.20. The lowest BCUT2D eigenvalue weighted by Gasteiger charge is -2.47. The zero-order valence-corrected chi connectivity index (χ0v) is 14.8. The maximum Gasteiger partial charge on any atom is 0.233 e. The molecule has 3 heterocycles. The SMILES string of the molecule is O=C(N1CCN2CCCCC2C1)C1(c2ccc(F)cc2)CCOCC1. The molecule has 3 aliphatic rings. The highest BCUT2D eigenvalue weighted by atomic mass is 19.1. The standard InChI is InChI=1S/C20H27FN2O2/c21-17-6-4-16(5-7-17)20(8-13-25-14-9-20)19(24)23-12-11-22-10-2-1-3-18(22)15-23/h4-7,18H,1-3,8-15H2. The van der Waals surface area contributed by atoms with Gasteiger partial charge in [-0.15, -0.1) is 0 Å². The van der Waals surface area contributed by atoms with E-state index in [9.17, 15) is 9.18 Å². The average molecular weight is 346 g/mol. The van der Waals surface area contributed by atoms with Crippen LogP contribution in [0.1, 0.15) is 37.7 Å². The number of piperazine rings is 1. The molecular weight excluding hydrogens is 319 g/mol. The number of piperidine rings is 1. The summed E-state index contributed by atoms with van der Waals surface area (Å²) in [6, 6.07) is 7.03. The first-order valence-corrected chi connectivity index (χ1v) is 9.56. The van der Waals surface area contributed by atoms with Gasteiger partial charge < -0.3 is 9.64 Å². The van der Waals surface area contributed by atoms with Crippen molar-refractivity contribution in [1.29, 1.82) is 0 Å². The van der Waals surface area contributed by atoms with E-state index >= 15 is 0 Å². The molecule has 1 atom stereocenters. The number of carbonyl (C=O) groups excluding carboxylic acids is 1. The van der Waals surface area contributed by atoms with Gasteiger partial charge in [0.15, 0.2) is 0 Å². The second kappa shape index (κ2) is 7.04. The van der Waals surface area contributed by atoms with E-state index < -0.39 is 5.41 Å². The Hall–Kier alpha value is -1.46. The first-order chi connectivity index (χ1) is 12.2. The molecule has 0 N–H and O–H groups in total. The van der Waals surface area contributed by atoms with Gasteiger partial charge in [-0.2, -0.15) is 0 Å². The van der Waals surface area contributed by atoms with Crippen molar-refractivity contribution in [3.8, 4) is 0 Å². The molecule has 0 aromatic heterocycles. The second-order valence-corrected chi connectivity index (χ2v) is 7.64. The number of benzene rings is 1. The molecule has 0 aliphatic carbocycles. The monoisotopic (exact) mass is 346 g/mol. The fraction of sp³-hybridized carbons (Fsp3) is 0.650. The average Bonchev–Trinajstić information content (AvgIpc) is 2.68. The highest BCUT2D eigenvalue weighted by Gasteiger charge is 2.45. The van der Waals surface area contributed by atoms with Gasteiger partial charge in [0.2, 0.25) is 5.91 Å². The third-order valence-corrected chi connectivity index (χ3v) is 6.28. The van der Waals surface area contributed by atoms with Crippen molar-refractivity contribution in [2.24, 2.45) is 0 Å². The summed E-state index contributed by atoms with van der Waals surface area (Å²) >= 11 is 0. The van der Waals surface area contributed by atoms with Crippen LogP contribution in [0.5, 0.6) is 0 Å². The van der Waals surface area contributed by atoms with E-state index in [2.05, 4.69) is 9.80 Å². The maximum atomic E-state index is 13.6. The van der Waals surface area contributed by atoms with Crippen molar-refractivity contribution in [2.75, 3.05) is 39.4 Å². The quantitative estimate of drug-likeness (QED) is 0.825. The van der Waals surface area contributed by atoms with Gasteiger partial charge in [-0.3, -0.25) is 9.69 Å². The van der Waals surface area contributed by atoms with Gasteiger partial charge in [0.1, 0.15) is 5.82 Å². The molecule has 3 fully saturated rings. The summed E-state index contributed by atoms with van der Waals surface area (Å²) < 4.78 is 18.9. The summed E-state index contributed by atoms with van der Waals surface area (Å²) in [5.74, 6) is -0.0399. The Kier molecular flexibility index (Phi) is 4.78. The largest absolute Gasteiger partial charge is 0.381 e. The number of rotatable bonds is 2. The molecule has 0 radical (unpaired) electrons. The minimum atomic E-state index is -0.553. The predicted molar refractivity (Wildman–Crippen MR) is 93.9 cm³/mol. The number of fused-ring (bicyclic) bond motifs is 1. The smallest absolute Gasteiger partial charge is 0.233 e. The van der Waals surface area contributed by atoms with Gasteiger partial charge in [0, 0.05) is 38.9 Å². The van der Waals surface area contributed by atoms with Crippen LogP contribution in [0.3, 0.4) is 0 Å². The van der Waals surface area contributed by atoms with Crippen LogP contribution in [0.4, 0.5) is 4.39 Å². The lowest BCUT2D eigenvalue weighted by Crippen LogP contribution is -2.60. The van der Waals surface area contributed by atoms with Crippen LogP contribution in [-0.2, 0) is 14.9 Å². The van der Waals surface area contributed by atoms with Gasteiger partial charge in [0.05, 0.1) is 5.41 Å². The molecule has 1 unspecified atom stereocenters. The van der Waals surface area contributed by atoms with Crippen LogP contribution >= 0.6 is 0 Å². The van der Waals surface area contributed by atoms with Crippen LogP contribution in [0.15, 0.2) is 24.3 Å². The summed E-state index contributed by atoms with van der Waals surface area (Å²) in [6.07, 6.45) is 5.10. The molecule has 4 rings (SSSR count). The Bertz CT molecular complexity index is 613. The zero-order chi connectivity index (χ0) is 17.3. The molecule has 1 aromatic carbocycles. The van der Waals surface area contributed by atoms with Crippen molar-refractivity contribution in [3.63, 3.8) is 0 Å². The molecule has 0 saturated carbocycles. The first-order valence-electron chi connectivity index (χ1n) is 9.56. The van der Waals surface area contributed by atoms with Crippen molar-refractivity contribution < 1.29 is 13.9 Å². The summed E-state index contributed by atoms with van der Waals surface area (Å²) in [4.78, 5) is 18.2. The van der Waals surface area contributed by atoms with Crippen molar-refractivity contribution in [1.82, 2.24) is 9.80 Å². The molecule has 3 aliphatic heterocycles.